The monoisotopic (exact) mass is 276 g/mol. The highest BCUT2D eigenvalue weighted by molar-refractivity contribution is 5.38. The number of rotatable bonds is 4. The molecule has 5 nitrogen and oxygen atoms in total. The van der Waals surface area contributed by atoms with Gasteiger partial charge in [-0.15, -0.1) is 0 Å². The summed E-state index contributed by atoms with van der Waals surface area (Å²) >= 11 is 0. The van der Waals surface area contributed by atoms with Crippen molar-refractivity contribution in [3.05, 3.63) is 11.8 Å². The van der Waals surface area contributed by atoms with Gasteiger partial charge in [0.15, 0.2) is 0 Å². The highest BCUT2D eigenvalue weighted by Gasteiger charge is 2.34. The van der Waals surface area contributed by atoms with Gasteiger partial charge < -0.3 is 15.0 Å². The molecule has 110 valence electrons. The van der Waals surface area contributed by atoms with Gasteiger partial charge in [-0.1, -0.05) is 0 Å². The largest absolute Gasteiger partial charge is 0.478 e. The van der Waals surface area contributed by atoms with Crippen LogP contribution in [-0.2, 0) is 0 Å². The summed E-state index contributed by atoms with van der Waals surface area (Å²) in [5.41, 5.74) is 0.975. The molecular formula is C15H24N4O. The van der Waals surface area contributed by atoms with Crippen molar-refractivity contribution in [1.29, 1.82) is 0 Å². The predicted octanol–water partition coefficient (Wildman–Crippen LogP) is 1.90. The second-order valence-electron chi connectivity index (χ2n) is 5.69. The summed E-state index contributed by atoms with van der Waals surface area (Å²) in [5, 5.41) is 3.62. The van der Waals surface area contributed by atoms with Crippen LogP contribution >= 0.6 is 0 Å². The molecule has 0 aliphatic carbocycles. The highest BCUT2D eigenvalue weighted by Crippen LogP contribution is 2.29. The fraction of sp³-hybridized carbons (Fsp3) is 0.733. The maximum Gasteiger partial charge on any atom is 0.229 e. The fourth-order valence-electron chi connectivity index (χ4n) is 3.37. The van der Waals surface area contributed by atoms with E-state index in [-0.39, 0.29) is 0 Å². The molecule has 0 spiro atoms. The molecule has 3 rings (SSSR count). The molecule has 2 unspecified atom stereocenters. The Morgan fingerprint density at radius 1 is 1.35 bits per heavy atom. The molecule has 2 aliphatic rings. The van der Waals surface area contributed by atoms with Gasteiger partial charge in [0.05, 0.1) is 6.61 Å². The quantitative estimate of drug-likeness (QED) is 0.910. The standard InChI is InChI=1S/C15H24N4O/c1-3-20-14-10-11(2)17-15(18-14)19-9-5-7-13(19)12-6-4-8-16-12/h10,12-13,16H,3-9H2,1-2H3. The minimum atomic E-state index is 0.536. The summed E-state index contributed by atoms with van der Waals surface area (Å²) in [5.74, 6) is 1.53. The zero-order valence-electron chi connectivity index (χ0n) is 12.4. The first-order chi connectivity index (χ1) is 9.78. The minimum Gasteiger partial charge on any atom is -0.478 e. The molecule has 0 radical (unpaired) electrons. The third-order valence-electron chi connectivity index (χ3n) is 4.23. The fourth-order valence-corrected chi connectivity index (χ4v) is 3.37. The van der Waals surface area contributed by atoms with E-state index in [1.807, 2.05) is 19.9 Å². The van der Waals surface area contributed by atoms with Crippen molar-refractivity contribution < 1.29 is 4.74 Å². The van der Waals surface area contributed by atoms with Crippen molar-refractivity contribution in [3.63, 3.8) is 0 Å². The van der Waals surface area contributed by atoms with Gasteiger partial charge in [0, 0.05) is 30.4 Å². The van der Waals surface area contributed by atoms with Crippen molar-refractivity contribution in [1.82, 2.24) is 15.3 Å². The van der Waals surface area contributed by atoms with E-state index in [0.717, 1.165) is 24.7 Å². The Bertz CT molecular complexity index is 459. The number of nitrogens with zero attached hydrogens (tertiary/aromatic N) is 3. The molecule has 0 bridgehead atoms. The molecule has 1 N–H and O–H groups in total. The van der Waals surface area contributed by atoms with Gasteiger partial charge in [-0.3, -0.25) is 0 Å². The lowest BCUT2D eigenvalue weighted by atomic mass is 10.0. The van der Waals surface area contributed by atoms with Crippen LogP contribution in [-0.4, -0.2) is 41.7 Å². The Morgan fingerprint density at radius 3 is 3.00 bits per heavy atom. The van der Waals surface area contributed by atoms with Crippen LogP contribution in [0.3, 0.4) is 0 Å². The van der Waals surface area contributed by atoms with Crippen LogP contribution in [0.5, 0.6) is 5.88 Å². The number of hydrogen-bond acceptors (Lipinski definition) is 5. The second kappa shape index (κ2) is 5.95. The van der Waals surface area contributed by atoms with Crippen LogP contribution in [0.4, 0.5) is 5.95 Å². The molecule has 1 aromatic heterocycles. The molecule has 1 aromatic rings. The predicted molar refractivity (Wildman–Crippen MR) is 79.3 cm³/mol. The second-order valence-corrected chi connectivity index (χ2v) is 5.69. The summed E-state index contributed by atoms with van der Waals surface area (Å²) in [6.45, 7) is 6.83. The highest BCUT2D eigenvalue weighted by atomic mass is 16.5. The average Bonchev–Trinajstić information content (AvgIpc) is 3.09. The van der Waals surface area contributed by atoms with E-state index < -0.39 is 0 Å². The molecule has 2 aliphatic heterocycles. The lowest BCUT2D eigenvalue weighted by Crippen LogP contribution is -2.44. The maximum atomic E-state index is 5.55. The Hall–Kier alpha value is -1.36. The number of nitrogens with one attached hydrogen (secondary N) is 1. The van der Waals surface area contributed by atoms with E-state index in [4.69, 9.17) is 4.74 Å². The van der Waals surface area contributed by atoms with Crippen molar-refractivity contribution in [2.75, 3.05) is 24.6 Å². The van der Waals surface area contributed by atoms with E-state index in [0.29, 0.717) is 24.6 Å². The first kappa shape index (κ1) is 13.6. The smallest absolute Gasteiger partial charge is 0.229 e. The van der Waals surface area contributed by atoms with E-state index in [1.165, 1.54) is 25.7 Å². The van der Waals surface area contributed by atoms with Crippen LogP contribution in [0.2, 0.25) is 0 Å². The van der Waals surface area contributed by atoms with Gasteiger partial charge in [0.25, 0.3) is 0 Å². The third kappa shape index (κ3) is 2.73. The summed E-state index contributed by atoms with van der Waals surface area (Å²) in [7, 11) is 0. The molecule has 3 heterocycles. The van der Waals surface area contributed by atoms with Gasteiger partial charge in [0.1, 0.15) is 0 Å². The van der Waals surface area contributed by atoms with Crippen LogP contribution in [0.15, 0.2) is 6.07 Å². The van der Waals surface area contributed by atoms with E-state index in [9.17, 15) is 0 Å². The van der Waals surface area contributed by atoms with Crippen LogP contribution in [0, 0.1) is 6.92 Å². The first-order valence-electron chi connectivity index (χ1n) is 7.76. The molecule has 2 fully saturated rings. The normalized spacial score (nSPS) is 26.2. The van der Waals surface area contributed by atoms with Crippen LogP contribution < -0.4 is 15.0 Å². The van der Waals surface area contributed by atoms with Crippen molar-refractivity contribution in [2.45, 2.75) is 51.6 Å². The molecule has 0 aromatic carbocycles. The van der Waals surface area contributed by atoms with Gasteiger partial charge in [-0.05, 0) is 46.1 Å². The van der Waals surface area contributed by atoms with Gasteiger partial charge in [-0.2, -0.15) is 4.98 Å². The Balaban J connectivity index is 1.83. The third-order valence-corrected chi connectivity index (χ3v) is 4.23. The molecule has 20 heavy (non-hydrogen) atoms. The summed E-state index contributed by atoms with van der Waals surface area (Å²) in [6, 6.07) is 3.04. The number of anilines is 1. The van der Waals surface area contributed by atoms with E-state index >= 15 is 0 Å². The number of aryl methyl sites for hydroxylation is 1. The average molecular weight is 276 g/mol. The van der Waals surface area contributed by atoms with Crippen LogP contribution in [0.1, 0.15) is 38.3 Å². The minimum absolute atomic E-state index is 0.536. The maximum absolute atomic E-state index is 5.55. The van der Waals surface area contributed by atoms with Gasteiger partial charge >= 0.3 is 0 Å². The molecule has 2 saturated heterocycles. The van der Waals surface area contributed by atoms with E-state index in [1.54, 1.807) is 0 Å². The topological polar surface area (TPSA) is 50.3 Å². The first-order valence-corrected chi connectivity index (χ1v) is 7.76. The van der Waals surface area contributed by atoms with Crippen LogP contribution in [0.25, 0.3) is 0 Å². The lowest BCUT2D eigenvalue weighted by Gasteiger charge is -2.29. The number of hydrogen-bond donors (Lipinski definition) is 1. The molecule has 0 saturated carbocycles. The summed E-state index contributed by atoms with van der Waals surface area (Å²) in [4.78, 5) is 11.6. The molecule has 5 heteroatoms. The molecule has 0 amide bonds. The summed E-state index contributed by atoms with van der Waals surface area (Å²) < 4.78 is 5.55. The number of ether oxygens (including phenoxy) is 1. The summed E-state index contributed by atoms with van der Waals surface area (Å²) in [6.07, 6.45) is 5.02. The van der Waals surface area contributed by atoms with Crippen molar-refractivity contribution >= 4 is 5.95 Å². The van der Waals surface area contributed by atoms with Crippen molar-refractivity contribution in [3.8, 4) is 5.88 Å². The number of aromatic nitrogens is 2. The van der Waals surface area contributed by atoms with E-state index in [2.05, 4.69) is 20.2 Å². The zero-order valence-corrected chi connectivity index (χ0v) is 12.4. The molecule has 2 atom stereocenters. The zero-order chi connectivity index (χ0) is 13.9. The van der Waals surface area contributed by atoms with Crippen molar-refractivity contribution in [2.24, 2.45) is 0 Å². The Labute approximate surface area is 120 Å². The Kier molecular flexibility index (Phi) is 4.05. The SMILES string of the molecule is CCOc1cc(C)nc(N2CCCC2C2CCCN2)n1. The van der Waals surface area contributed by atoms with Gasteiger partial charge in [0.2, 0.25) is 11.8 Å². The van der Waals surface area contributed by atoms with Gasteiger partial charge in [-0.25, -0.2) is 4.98 Å². The lowest BCUT2D eigenvalue weighted by molar-refractivity contribution is 0.325. The molecular weight excluding hydrogens is 252 g/mol. The Morgan fingerprint density at radius 2 is 2.25 bits per heavy atom.